The number of benzene rings is 1. The number of hydrogen-bond donors (Lipinski definition) is 1. The first-order chi connectivity index (χ1) is 6.40. The Hall–Kier alpha value is -0.930. The van der Waals surface area contributed by atoms with Crippen LogP contribution in [0.1, 0.15) is 18.9 Å². The predicted octanol–water partition coefficient (Wildman–Crippen LogP) is 2.81. The number of aliphatic hydroxyl groups is 1. The highest BCUT2D eigenvalue weighted by Gasteiger charge is 1.99. The summed E-state index contributed by atoms with van der Waals surface area (Å²) in [6, 6.07) is 7.88. The first-order valence-electron chi connectivity index (χ1n) is 4.35. The van der Waals surface area contributed by atoms with E-state index in [4.69, 9.17) is 5.11 Å². The molecule has 3 heteroatoms. The molecule has 2 nitrogen and oxygen atoms in total. The Labute approximate surface area is 81.9 Å². The number of aliphatic hydroxyl groups excluding tert-OH is 1. The van der Waals surface area contributed by atoms with E-state index >= 15 is 0 Å². The van der Waals surface area contributed by atoms with E-state index in [-0.39, 0.29) is 6.61 Å². The van der Waals surface area contributed by atoms with E-state index in [1.165, 1.54) is 11.3 Å². The average molecular weight is 195 g/mol. The topological polar surface area (TPSA) is 33.1 Å². The van der Waals surface area contributed by atoms with E-state index in [1.54, 1.807) is 0 Å². The van der Waals surface area contributed by atoms with E-state index in [1.807, 2.05) is 38.1 Å². The molecular formula is C10H13NOS. The zero-order chi connectivity index (χ0) is 9.68. The van der Waals surface area contributed by atoms with Crippen molar-refractivity contribution in [3.8, 4) is 0 Å². The summed E-state index contributed by atoms with van der Waals surface area (Å²) >= 11 is 1.54. The third-order valence-corrected chi connectivity index (χ3v) is 2.49. The standard InChI is InChI=1S/C8H7NOS.C2H6/c10-5-8-9-6-3-1-2-4-7(6)11-8;1-2/h1-4,10H,5H2;1-2H3. The molecule has 0 unspecified atom stereocenters. The Morgan fingerprint density at radius 3 is 2.62 bits per heavy atom. The van der Waals surface area contributed by atoms with E-state index in [0.717, 1.165) is 15.2 Å². The molecule has 0 amide bonds. The van der Waals surface area contributed by atoms with Crippen LogP contribution in [0.2, 0.25) is 0 Å². The molecule has 13 heavy (non-hydrogen) atoms. The minimum atomic E-state index is 0.0410. The summed E-state index contributed by atoms with van der Waals surface area (Å²) in [4.78, 5) is 4.20. The molecule has 2 aromatic rings. The molecule has 1 aromatic carbocycles. The van der Waals surface area contributed by atoms with Gasteiger partial charge in [-0.2, -0.15) is 0 Å². The monoisotopic (exact) mass is 195 g/mol. The summed E-state index contributed by atoms with van der Waals surface area (Å²) < 4.78 is 1.14. The van der Waals surface area contributed by atoms with Crippen LogP contribution in [0.3, 0.4) is 0 Å². The molecule has 0 fully saturated rings. The fourth-order valence-electron chi connectivity index (χ4n) is 0.988. The Bertz CT molecular complexity index is 337. The first-order valence-corrected chi connectivity index (χ1v) is 5.17. The van der Waals surface area contributed by atoms with Gasteiger partial charge in [-0.25, -0.2) is 4.98 Å². The molecule has 2 rings (SSSR count). The van der Waals surface area contributed by atoms with Gasteiger partial charge in [0.25, 0.3) is 0 Å². The summed E-state index contributed by atoms with van der Waals surface area (Å²) in [5.41, 5.74) is 0.974. The number of nitrogens with zero attached hydrogens (tertiary/aromatic N) is 1. The van der Waals surface area contributed by atoms with Crippen LogP contribution in [-0.4, -0.2) is 10.1 Å². The van der Waals surface area contributed by atoms with Gasteiger partial charge in [0.15, 0.2) is 0 Å². The molecule has 1 aromatic heterocycles. The number of thiazole rings is 1. The Kier molecular flexibility index (Phi) is 3.86. The second-order valence-corrected chi connectivity index (χ2v) is 3.35. The van der Waals surface area contributed by atoms with Gasteiger partial charge in [0.1, 0.15) is 5.01 Å². The summed E-state index contributed by atoms with van der Waals surface area (Å²) in [6.07, 6.45) is 0. The number of para-hydroxylation sites is 1. The average Bonchev–Trinajstić information content (AvgIpc) is 2.63. The molecule has 0 saturated heterocycles. The molecule has 0 aliphatic carbocycles. The van der Waals surface area contributed by atoms with E-state index < -0.39 is 0 Å². The Morgan fingerprint density at radius 2 is 2.00 bits per heavy atom. The van der Waals surface area contributed by atoms with Crippen molar-refractivity contribution in [2.45, 2.75) is 20.5 Å². The minimum Gasteiger partial charge on any atom is -0.389 e. The lowest BCUT2D eigenvalue weighted by Crippen LogP contribution is -1.76. The van der Waals surface area contributed by atoms with E-state index in [9.17, 15) is 0 Å². The van der Waals surface area contributed by atoms with E-state index in [2.05, 4.69) is 4.98 Å². The SMILES string of the molecule is CC.OCc1nc2ccccc2s1. The molecule has 0 aliphatic rings. The maximum absolute atomic E-state index is 8.79. The highest BCUT2D eigenvalue weighted by Crippen LogP contribution is 2.20. The molecule has 0 atom stereocenters. The van der Waals surface area contributed by atoms with Crippen LogP contribution in [0.5, 0.6) is 0 Å². The summed E-state index contributed by atoms with van der Waals surface area (Å²) in [7, 11) is 0. The van der Waals surface area contributed by atoms with Crippen molar-refractivity contribution in [3.63, 3.8) is 0 Å². The lowest BCUT2D eigenvalue weighted by Gasteiger charge is -1.80. The van der Waals surface area contributed by atoms with Gasteiger partial charge in [-0.15, -0.1) is 11.3 Å². The lowest BCUT2D eigenvalue weighted by molar-refractivity contribution is 0.281. The smallest absolute Gasteiger partial charge is 0.119 e. The van der Waals surface area contributed by atoms with Crippen molar-refractivity contribution in [2.24, 2.45) is 0 Å². The van der Waals surface area contributed by atoms with Crippen LogP contribution >= 0.6 is 11.3 Å². The quantitative estimate of drug-likeness (QED) is 0.759. The van der Waals surface area contributed by atoms with Gasteiger partial charge in [-0.05, 0) is 12.1 Å². The van der Waals surface area contributed by atoms with Crippen molar-refractivity contribution in [1.82, 2.24) is 4.98 Å². The van der Waals surface area contributed by atoms with Crippen LogP contribution in [0.15, 0.2) is 24.3 Å². The van der Waals surface area contributed by atoms with Gasteiger partial charge in [-0.3, -0.25) is 0 Å². The van der Waals surface area contributed by atoms with Gasteiger partial charge in [0.2, 0.25) is 0 Å². The zero-order valence-electron chi connectivity index (χ0n) is 7.82. The molecule has 0 spiro atoms. The fraction of sp³-hybridized carbons (Fsp3) is 0.300. The molecule has 1 heterocycles. The number of rotatable bonds is 1. The molecule has 1 N–H and O–H groups in total. The van der Waals surface area contributed by atoms with Crippen molar-refractivity contribution in [3.05, 3.63) is 29.3 Å². The van der Waals surface area contributed by atoms with E-state index in [0.29, 0.717) is 0 Å². The van der Waals surface area contributed by atoms with Crippen LogP contribution in [0.4, 0.5) is 0 Å². The molecule has 0 aliphatic heterocycles. The summed E-state index contributed by atoms with van der Waals surface area (Å²) in [6.45, 7) is 4.04. The van der Waals surface area contributed by atoms with Crippen LogP contribution in [-0.2, 0) is 6.61 Å². The third kappa shape index (κ3) is 2.26. The predicted molar refractivity (Wildman–Crippen MR) is 56.9 cm³/mol. The maximum Gasteiger partial charge on any atom is 0.119 e. The van der Waals surface area contributed by atoms with Crippen molar-refractivity contribution in [2.75, 3.05) is 0 Å². The Morgan fingerprint density at radius 1 is 1.31 bits per heavy atom. The summed E-state index contributed by atoms with van der Waals surface area (Å²) in [5, 5.41) is 9.57. The second kappa shape index (κ2) is 4.94. The van der Waals surface area contributed by atoms with Crippen LogP contribution in [0, 0.1) is 0 Å². The Balaban J connectivity index is 0.000000396. The minimum absolute atomic E-state index is 0.0410. The lowest BCUT2D eigenvalue weighted by atomic mass is 10.3. The highest BCUT2D eigenvalue weighted by molar-refractivity contribution is 7.18. The molecule has 0 radical (unpaired) electrons. The fourth-order valence-corrected chi connectivity index (χ4v) is 1.81. The van der Waals surface area contributed by atoms with Gasteiger partial charge < -0.3 is 5.11 Å². The molecule has 70 valence electrons. The molecular weight excluding hydrogens is 182 g/mol. The van der Waals surface area contributed by atoms with Crippen LogP contribution < -0.4 is 0 Å². The normalized spacial score (nSPS) is 9.46. The zero-order valence-corrected chi connectivity index (χ0v) is 8.64. The second-order valence-electron chi connectivity index (χ2n) is 2.23. The van der Waals surface area contributed by atoms with Gasteiger partial charge in [0, 0.05) is 0 Å². The van der Waals surface area contributed by atoms with Crippen molar-refractivity contribution < 1.29 is 5.11 Å². The van der Waals surface area contributed by atoms with Crippen LogP contribution in [0.25, 0.3) is 10.2 Å². The number of aromatic nitrogens is 1. The van der Waals surface area contributed by atoms with Crippen molar-refractivity contribution in [1.29, 1.82) is 0 Å². The number of hydrogen-bond acceptors (Lipinski definition) is 3. The first kappa shape index (κ1) is 10.2. The molecule has 0 bridgehead atoms. The van der Waals surface area contributed by atoms with Gasteiger partial charge in [-0.1, -0.05) is 26.0 Å². The highest BCUT2D eigenvalue weighted by atomic mass is 32.1. The van der Waals surface area contributed by atoms with Crippen molar-refractivity contribution >= 4 is 21.6 Å². The largest absolute Gasteiger partial charge is 0.389 e. The van der Waals surface area contributed by atoms with Gasteiger partial charge in [0.05, 0.1) is 16.8 Å². The third-order valence-electron chi connectivity index (χ3n) is 1.47. The summed E-state index contributed by atoms with van der Waals surface area (Å²) in [5.74, 6) is 0. The maximum atomic E-state index is 8.79. The molecule has 0 saturated carbocycles. The van der Waals surface area contributed by atoms with Gasteiger partial charge >= 0.3 is 0 Å². The number of fused-ring (bicyclic) bond motifs is 1.